The molecule has 106 valence electrons. The summed E-state index contributed by atoms with van der Waals surface area (Å²) in [6, 6.07) is 7.69. The molecule has 3 nitrogen and oxygen atoms in total. The fourth-order valence-electron chi connectivity index (χ4n) is 2.52. The summed E-state index contributed by atoms with van der Waals surface area (Å²) in [6.07, 6.45) is 3.06. The molecule has 0 radical (unpaired) electrons. The van der Waals surface area contributed by atoms with Gasteiger partial charge in [0.1, 0.15) is 4.75 Å². The van der Waals surface area contributed by atoms with Gasteiger partial charge in [0.2, 0.25) is 5.91 Å². The molecule has 1 aromatic carbocycles. The van der Waals surface area contributed by atoms with Gasteiger partial charge in [-0.3, -0.25) is 9.79 Å². The fourth-order valence-corrected chi connectivity index (χ4v) is 4.07. The zero-order valence-corrected chi connectivity index (χ0v) is 13.1. The van der Waals surface area contributed by atoms with Crippen LogP contribution in [0.1, 0.15) is 38.7 Å². The first-order chi connectivity index (χ1) is 9.41. The molecule has 1 aromatic rings. The molecule has 1 saturated carbocycles. The number of thioether (sulfide) groups is 1. The molecule has 20 heavy (non-hydrogen) atoms. The van der Waals surface area contributed by atoms with E-state index in [1.807, 2.05) is 38.1 Å². The number of halogens is 1. The number of hydrogen-bond acceptors (Lipinski definition) is 3. The Hall–Kier alpha value is -1.00. The van der Waals surface area contributed by atoms with Gasteiger partial charge >= 0.3 is 0 Å². The van der Waals surface area contributed by atoms with E-state index in [1.54, 1.807) is 11.8 Å². The number of aliphatic imine (C=N–C) groups is 1. The van der Waals surface area contributed by atoms with E-state index in [9.17, 15) is 4.79 Å². The van der Waals surface area contributed by atoms with Crippen molar-refractivity contribution in [3.05, 3.63) is 34.9 Å². The number of carbonyl (C=O) groups excluding carboxylic acids is 1. The lowest BCUT2D eigenvalue weighted by atomic mass is 9.84. The van der Waals surface area contributed by atoms with Crippen molar-refractivity contribution in [2.24, 2.45) is 4.99 Å². The lowest BCUT2D eigenvalue weighted by molar-refractivity contribution is -0.123. The maximum Gasteiger partial charge on any atom is 0.242 e. The van der Waals surface area contributed by atoms with Gasteiger partial charge in [-0.05, 0) is 50.8 Å². The second-order valence-electron chi connectivity index (χ2n) is 5.89. The topological polar surface area (TPSA) is 41.5 Å². The fraction of sp³-hybridized carbons (Fsp3) is 0.467. The van der Waals surface area contributed by atoms with E-state index in [1.165, 1.54) is 0 Å². The van der Waals surface area contributed by atoms with Crippen molar-refractivity contribution >= 4 is 34.4 Å². The largest absolute Gasteiger partial charge is 0.304 e. The van der Waals surface area contributed by atoms with E-state index in [0.717, 1.165) is 30.0 Å². The Morgan fingerprint density at radius 2 is 1.95 bits per heavy atom. The van der Waals surface area contributed by atoms with E-state index in [0.29, 0.717) is 5.02 Å². The molecular weight excluding hydrogens is 292 g/mol. The molecular formula is C15H17ClN2OS. The quantitative estimate of drug-likeness (QED) is 0.904. The third kappa shape index (κ3) is 2.35. The Balaban J connectivity index is 1.84. The van der Waals surface area contributed by atoms with Gasteiger partial charge < -0.3 is 5.32 Å². The maximum atomic E-state index is 12.0. The van der Waals surface area contributed by atoms with Gasteiger partial charge in [-0.25, -0.2) is 0 Å². The number of benzene rings is 1. The molecule has 1 amide bonds. The number of amides is 1. The van der Waals surface area contributed by atoms with Gasteiger partial charge in [0.05, 0.1) is 5.54 Å². The first-order valence-corrected chi connectivity index (χ1v) is 7.97. The third-order valence-corrected chi connectivity index (χ3v) is 5.64. The van der Waals surface area contributed by atoms with Crippen LogP contribution in [0.25, 0.3) is 0 Å². The molecule has 2 aliphatic rings. The lowest BCUT2D eigenvalue weighted by Gasteiger charge is -2.33. The van der Waals surface area contributed by atoms with Gasteiger partial charge in [-0.1, -0.05) is 35.5 Å². The number of nitrogens with zero attached hydrogens (tertiary/aromatic N) is 1. The lowest BCUT2D eigenvalue weighted by Crippen LogP contribution is -2.42. The molecule has 5 heteroatoms. The Morgan fingerprint density at radius 3 is 2.45 bits per heavy atom. The van der Waals surface area contributed by atoms with Crippen LogP contribution in [0, 0.1) is 0 Å². The zero-order valence-electron chi connectivity index (χ0n) is 11.6. The van der Waals surface area contributed by atoms with Crippen molar-refractivity contribution in [3.63, 3.8) is 0 Å². The minimum Gasteiger partial charge on any atom is -0.304 e. The smallest absolute Gasteiger partial charge is 0.242 e. The van der Waals surface area contributed by atoms with Crippen molar-refractivity contribution in [1.82, 2.24) is 5.32 Å². The molecule has 0 aromatic heterocycles. The number of amidine groups is 1. The van der Waals surface area contributed by atoms with Crippen molar-refractivity contribution < 1.29 is 4.79 Å². The van der Waals surface area contributed by atoms with Gasteiger partial charge in [0.15, 0.2) is 5.17 Å². The van der Waals surface area contributed by atoms with Gasteiger partial charge in [-0.2, -0.15) is 0 Å². The molecule has 0 unspecified atom stereocenters. The van der Waals surface area contributed by atoms with Crippen LogP contribution in [-0.2, 0) is 10.3 Å². The molecule has 0 atom stereocenters. The van der Waals surface area contributed by atoms with Gasteiger partial charge in [-0.15, -0.1) is 0 Å². The zero-order chi connectivity index (χ0) is 14.4. The van der Waals surface area contributed by atoms with Crippen molar-refractivity contribution in [3.8, 4) is 0 Å². The van der Waals surface area contributed by atoms with Crippen LogP contribution in [0.2, 0.25) is 5.02 Å². The van der Waals surface area contributed by atoms with Crippen molar-refractivity contribution in [2.45, 2.75) is 43.4 Å². The molecule has 2 fully saturated rings. The molecule has 1 aliphatic carbocycles. The SMILES string of the molecule is CC(C)(N=C1NC(=O)C2(CCC2)S1)c1ccc(Cl)cc1. The van der Waals surface area contributed by atoms with Crippen LogP contribution in [0.3, 0.4) is 0 Å². The summed E-state index contributed by atoms with van der Waals surface area (Å²) in [5.74, 6) is 0.124. The molecule has 0 bridgehead atoms. The summed E-state index contributed by atoms with van der Waals surface area (Å²) in [7, 11) is 0. The molecule has 1 saturated heterocycles. The Labute approximate surface area is 128 Å². The minimum absolute atomic E-state index is 0.124. The second kappa shape index (κ2) is 4.78. The van der Waals surface area contributed by atoms with Crippen LogP contribution in [0.4, 0.5) is 0 Å². The second-order valence-corrected chi connectivity index (χ2v) is 7.70. The van der Waals surface area contributed by atoms with Crippen LogP contribution in [0.5, 0.6) is 0 Å². The summed E-state index contributed by atoms with van der Waals surface area (Å²) < 4.78 is -0.227. The highest BCUT2D eigenvalue weighted by Gasteiger charge is 2.51. The normalized spacial score (nSPS) is 22.9. The Morgan fingerprint density at radius 1 is 1.30 bits per heavy atom. The summed E-state index contributed by atoms with van der Waals surface area (Å²) >= 11 is 7.51. The highest BCUT2D eigenvalue weighted by molar-refractivity contribution is 8.16. The van der Waals surface area contributed by atoms with E-state index < -0.39 is 0 Å². The molecule has 1 aliphatic heterocycles. The van der Waals surface area contributed by atoms with Crippen LogP contribution >= 0.6 is 23.4 Å². The standard InChI is InChI=1S/C15H17ClN2OS/c1-14(2,10-4-6-11(16)7-5-10)18-13-17-12(19)15(20-13)8-3-9-15/h4-7H,3,8-9H2,1-2H3,(H,17,18,19). The number of carbonyl (C=O) groups is 1. The van der Waals surface area contributed by atoms with Crippen molar-refractivity contribution in [1.29, 1.82) is 0 Å². The summed E-state index contributed by atoms with van der Waals surface area (Å²) in [5, 5.41) is 4.39. The summed E-state index contributed by atoms with van der Waals surface area (Å²) in [4.78, 5) is 16.8. The third-order valence-electron chi connectivity index (χ3n) is 4.02. The minimum atomic E-state index is -0.379. The van der Waals surface area contributed by atoms with Crippen LogP contribution in [0.15, 0.2) is 29.3 Å². The monoisotopic (exact) mass is 308 g/mol. The number of hydrogen-bond donors (Lipinski definition) is 1. The summed E-state index contributed by atoms with van der Waals surface area (Å²) in [6.45, 7) is 4.09. The van der Waals surface area contributed by atoms with Gasteiger partial charge in [0, 0.05) is 5.02 Å². The van der Waals surface area contributed by atoms with E-state index in [4.69, 9.17) is 16.6 Å². The number of nitrogens with one attached hydrogen (secondary N) is 1. The molecule has 1 spiro atoms. The van der Waals surface area contributed by atoms with E-state index in [-0.39, 0.29) is 16.2 Å². The maximum absolute atomic E-state index is 12.0. The molecule has 1 N–H and O–H groups in total. The highest BCUT2D eigenvalue weighted by Crippen LogP contribution is 2.48. The molecule has 1 heterocycles. The Bertz CT molecular complexity index is 576. The highest BCUT2D eigenvalue weighted by atomic mass is 35.5. The Kier molecular flexibility index (Phi) is 3.33. The molecule has 3 rings (SSSR count). The van der Waals surface area contributed by atoms with E-state index >= 15 is 0 Å². The number of rotatable bonds is 2. The first-order valence-electron chi connectivity index (χ1n) is 6.78. The first kappa shape index (κ1) is 14.0. The predicted octanol–water partition coefficient (Wildman–Crippen LogP) is 3.72. The van der Waals surface area contributed by atoms with Crippen LogP contribution < -0.4 is 5.32 Å². The van der Waals surface area contributed by atoms with Crippen molar-refractivity contribution in [2.75, 3.05) is 0 Å². The predicted molar refractivity (Wildman–Crippen MR) is 84.2 cm³/mol. The van der Waals surface area contributed by atoms with E-state index in [2.05, 4.69) is 5.32 Å². The van der Waals surface area contributed by atoms with Gasteiger partial charge in [0.25, 0.3) is 0 Å². The average Bonchev–Trinajstić information content (AvgIpc) is 2.65. The summed E-state index contributed by atoms with van der Waals surface area (Å²) in [5.41, 5.74) is 0.703. The average molecular weight is 309 g/mol. The van der Waals surface area contributed by atoms with Crippen LogP contribution in [-0.4, -0.2) is 15.8 Å².